The Morgan fingerprint density at radius 1 is 0.548 bits per heavy atom. The molecule has 3 heteroatoms. The molecule has 2 aromatic heterocycles. The summed E-state index contributed by atoms with van der Waals surface area (Å²) < 4.78 is 5.18. The van der Waals surface area contributed by atoms with Crippen molar-refractivity contribution < 1.29 is 0 Å². The number of fused-ring (bicyclic) bond motifs is 12. The normalized spacial score (nSPS) is 14.0. The summed E-state index contributed by atoms with van der Waals surface area (Å²) in [7, 11) is 0. The van der Waals surface area contributed by atoms with E-state index in [1.54, 1.807) is 0 Å². The van der Waals surface area contributed by atoms with E-state index >= 15 is 0 Å². The van der Waals surface area contributed by atoms with Gasteiger partial charge in [0.15, 0.2) is 0 Å². The second kappa shape index (κ2) is 7.58. The van der Waals surface area contributed by atoms with Crippen LogP contribution in [0.2, 0.25) is 0 Å². The van der Waals surface area contributed by atoms with E-state index in [0.717, 1.165) is 0 Å². The zero-order valence-corrected chi connectivity index (χ0v) is 25.6. The molecule has 0 unspecified atom stereocenters. The lowest BCUT2D eigenvalue weighted by Crippen LogP contribution is -2.59. The summed E-state index contributed by atoms with van der Waals surface area (Å²) in [6.07, 6.45) is 0. The number of benzene rings is 5. The Balaban J connectivity index is 1.60. The molecule has 0 aliphatic carbocycles. The third-order valence-corrected chi connectivity index (χ3v) is 10.2. The molecule has 2 nitrogen and oxygen atoms in total. The number of hydrogen-bond acceptors (Lipinski definition) is 0. The van der Waals surface area contributed by atoms with Crippen molar-refractivity contribution in [2.45, 2.75) is 59.3 Å². The molecule has 0 spiro atoms. The van der Waals surface area contributed by atoms with Gasteiger partial charge in [-0.15, -0.1) is 0 Å². The third kappa shape index (κ3) is 2.82. The number of nitrogens with zero attached hydrogens (tertiary/aromatic N) is 2. The van der Waals surface area contributed by atoms with E-state index < -0.39 is 0 Å². The molecular weight excluding hydrogens is 507 g/mol. The Morgan fingerprint density at radius 2 is 0.976 bits per heavy atom. The lowest BCUT2D eigenvalue weighted by molar-refractivity contribution is 0.590. The highest BCUT2D eigenvalue weighted by atomic mass is 15.0. The van der Waals surface area contributed by atoms with Crippen molar-refractivity contribution in [3.63, 3.8) is 0 Å². The predicted molar refractivity (Wildman–Crippen MR) is 182 cm³/mol. The van der Waals surface area contributed by atoms with E-state index in [1.165, 1.54) is 88.1 Å². The number of para-hydroxylation sites is 2. The molecule has 4 heterocycles. The van der Waals surface area contributed by atoms with Crippen LogP contribution in [-0.2, 0) is 10.8 Å². The largest absolute Gasteiger partial charge is 0.310 e. The van der Waals surface area contributed by atoms with Gasteiger partial charge >= 0.3 is 0 Å². The molecule has 0 bridgehead atoms. The highest BCUT2D eigenvalue weighted by molar-refractivity contribution is 7.00. The van der Waals surface area contributed by atoms with Gasteiger partial charge in [0.25, 0.3) is 6.71 Å². The van der Waals surface area contributed by atoms with Crippen molar-refractivity contribution >= 4 is 66.7 Å². The van der Waals surface area contributed by atoms with E-state index in [4.69, 9.17) is 0 Å². The molecule has 0 saturated carbocycles. The van der Waals surface area contributed by atoms with Crippen LogP contribution in [0.15, 0.2) is 84.9 Å². The van der Waals surface area contributed by atoms with Gasteiger partial charge in [0.2, 0.25) is 0 Å². The van der Waals surface area contributed by atoms with Crippen LogP contribution in [0, 0.1) is 6.92 Å². The molecule has 0 N–H and O–H groups in total. The monoisotopic (exact) mass is 542 g/mol. The number of aromatic nitrogens is 2. The standard InChI is InChI=1S/C39H35BN2/c1-22-33-25-12-8-10-14-29(25)41-31-18-16-23(38(2,3)4)20-27(31)40-28-21-24(39(5,6)7)17-19-32(28)42-30-15-11-9-13-26(30)34(22)37(42)35(40)36(33)41/h8-21H,1-7H3. The smallest absolute Gasteiger partial charge is 0.252 e. The summed E-state index contributed by atoms with van der Waals surface area (Å²) in [5.74, 6) is 0. The van der Waals surface area contributed by atoms with Gasteiger partial charge in [0, 0.05) is 32.9 Å². The van der Waals surface area contributed by atoms with Gasteiger partial charge in [0.1, 0.15) is 0 Å². The van der Waals surface area contributed by atoms with Crippen molar-refractivity contribution in [2.24, 2.45) is 0 Å². The SMILES string of the molecule is Cc1c2c3ccccc3n3c2c2c4c1c1ccccc1n4-c1ccc(C(C)(C)C)cc1B2c1cc(C(C)(C)C)ccc1-3. The fourth-order valence-corrected chi connectivity index (χ4v) is 8.15. The summed E-state index contributed by atoms with van der Waals surface area (Å²) in [4.78, 5) is 0. The molecule has 0 saturated heterocycles. The van der Waals surface area contributed by atoms with Gasteiger partial charge < -0.3 is 9.13 Å². The number of hydrogen-bond donors (Lipinski definition) is 0. The molecular formula is C39H35BN2. The van der Waals surface area contributed by atoms with Gasteiger partial charge in [-0.2, -0.15) is 0 Å². The minimum atomic E-state index is 0.0611. The highest BCUT2D eigenvalue weighted by Gasteiger charge is 2.42. The molecule has 2 aliphatic rings. The summed E-state index contributed by atoms with van der Waals surface area (Å²) >= 11 is 0. The molecule has 204 valence electrons. The zero-order chi connectivity index (χ0) is 28.9. The van der Waals surface area contributed by atoms with Crippen LogP contribution >= 0.6 is 0 Å². The molecule has 9 rings (SSSR count). The first-order valence-electron chi connectivity index (χ1n) is 15.3. The quantitative estimate of drug-likeness (QED) is 0.172. The summed E-state index contributed by atoms with van der Waals surface area (Å²) in [6.45, 7) is 16.5. The van der Waals surface area contributed by atoms with Crippen LogP contribution in [0.3, 0.4) is 0 Å². The summed E-state index contributed by atoms with van der Waals surface area (Å²) in [6, 6.07) is 32.7. The molecule has 2 aliphatic heterocycles. The van der Waals surface area contributed by atoms with Gasteiger partial charge in [-0.05, 0) is 75.1 Å². The van der Waals surface area contributed by atoms with Crippen molar-refractivity contribution in [3.8, 4) is 11.4 Å². The summed E-state index contributed by atoms with van der Waals surface area (Å²) in [5.41, 5.74) is 16.6. The van der Waals surface area contributed by atoms with Crippen LogP contribution in [0.5, 0.6) is 0 Å². The fraction of sp³-hybridized carbons (Fsp3) is 0.231. The van der Waals surface area contributed by atoms with Crippen LogP contribution in [0.1, 0.15) is 58.2 Å². The molecule has 0 fully saturated rings. The third-order valence-electron chi connectivity index (χ3n) is 10.2. The van der Waals surface area contributed by atoms with Crippen molar-refractivity contribution in [2.75, 3.05) is 0 Å². The molecule has 42 heavy (non-hydrogen) atoms. The number of aryl methyl sites for hydroxylation is 1. The van der Waals surface area contributed by atoms with Crippen molar-refractivity contribution in [1.82, 2.24) is 9.13 Å². The molecule has 0 atom stereocenters. The molecule has 0 radical (unpaired) electrons. The maximum Gasteiger partial charge on any atom is 0.252 e. The molecule has 5 aromatic carbocycles. The predicted octanol–water partition coefficient (Wildman–Crippen LogP) is 7.93. The second-order valence-corrected chi connectivity index (χ2v) is 14.7. The van der Waals surface area contributed by atoms with Crippen molar-refractivity contribution in [1.29, 1.82) is 0 Å². The average molecular weight is 543 g/mol. The minimum absolute atomic E-state index is 0.0611. The highest BCUT2D eigenvalue weighted by Crippen LogP contribution is 2.44. The molecule has 7 aromatic rings. The Kier molecular flexibility index (Phi) is 4.40. The second-order valence-electron chi connectivity index (χ2n) is 14.7. The Morgan fingerprint density at radius 3 is 1.40 bits per heavy atom. The number of rotatable bonds is 0. The van der Waals surface area contributed by atoms with E-state index in [-0.39, 0.29) is 17.5 Å². The van der Waals surface area contributed by atoms with E-state index in [0.29, 0.717) is 0 Å². The van der Waals surface area contributed by atoms with Gasteiger partial charge in [0.05, 0.1) is 22.1 Å². The van der Waals surface area contributed by atoms with Crippen molar-refractivity contribution in [3.05, 3.63) is 102 Å². The first-order chi connectivity index (χ1) is 20.1. The van der Waals surface area contributed by atoms with Crippen LogP contribution in [0.4, 0.5) is 0 Å². The zero-order valence-electron chi connectivity index (χ0n) is 25.6. The lowest BCUT2D eigenvalue weighted by atomic mass is 9.34. The van der Waals surface area contributed by atoms with Crippen LogP contribution in [-0.4, -0.2) is 15.8 Å². The summed E-state index contributed by atoms with van der Waals surface area (Å²) in [5, 5.41) is 5.50. The maximum absolute atomic E-state index is 2.59. The van der Waals surface area contributed by atoms with Gasteiger partial charge in [-0.1, -0.05) is 102 Å². The maximum atomic E-state index is 2.59. The van der Waals surface area contributed by atoms with E-state index in [9.17, 15) is 0 Å². The Hall–Kier alpha value is -4.24. The Labute approximate surface area is 247 Å². The first kappa shape index (κ1) is 24.4. The van der Waals surface area contributed by atoms with Crippen LogP contribution < -0.4 is 16.4 Å². The Bertz CT molecular complexity index is 2170. The topological polar surface area (TPSA) is 9.86 Å². The fourth-order valence-electron chi connectivity index (χ4n) is 8.15. The molecule has 0 amide bonds. The first-order valence-corrected chi connectivity index (χ1v) is 15.3. The van der Waals surface area contributed by atoms with E-state index in [2.05, 4.69) is 143 Å². The lowest BCUT2D eigenvalue weighted by Gasteiger charge is -2.35. The van der Waals surface area contributed by atoms with Crippen LogP contribution in [0.25, 0.3) is 55.0 Å². The van der Waals surface area contributed by atoms with Gasteiger partial charge in [-0.3, -0.25) is 0 Å². The average Bonchev–Trinajstić information content (AvgIpc) is 3.49. The van der Waals surface area contributed by atoms with E-state index in [1.807, 2.05) is 0 Å². The van der Waals surface area contributed by atoms with Gasteiger partial charge in [-0.25, -0.2) is 0 Å². The minimum Gasteiger partial charge on any atom is -0.310 e.